The Morgan fingerprint density at radius 2 is 1.67 bits per heavy atom. The van der Waals surface area contributed by atoms with Gasteiger partial charge in [0.2, 0.25) is 5.56 Å². The Labute approximate surface area is 108 Å². The second kappa shape index (κ2) is 4.81. The van der Waals surface area contributed by atoms with Crippen LogP contribution in [0.1, 0.15) is 23.6 Å². The highest BCUT2D eigenvalue weighted by Crippen LogP contribution is 2.24. The van der Waals surface area contributed by atoms with E-state index in [9.17, 15) is 4.79 Å². The second-order valence-electron chi connectivity index (χ2n) is 4.81. The molecule has 2 nitrogen and oxygen atoms in total. The molecule has 0 atom stereocenters. The molecule has 0 saturated heterocycles. The van der Waals surface area contributed by atoms with Gasteiger partial charge in [-0.05, 0) is 54.2 Å². The van der Waals surface area contributed by atoms with Crippen LogP contribution < -0.4 is 5.56 Å². The Morgan fingerprint density at radius 1 is 1.06 bits per heavy atom. The van der Waals surface area contributed by atoms with Crippen LogP contribution in [0.15, 0.2) is 35.3 Å². The Morgan fingerprint density at radius 3 is 2.17 bits per heavy atom. The third kappa shape index (κ3) is 2.23. The molecule has 0 N–H and O–H groups in total. The first-order valence-corrected chi connectivity index (χ1v) is 6.30. The van der Waals surface area contributed by atoms with Gasteiger partial charge in [0.1, 0.15) is 0 Å². The maximum Gasteiger partial charge on any atom is 0.250 e. The number of hydrogen-bond donors (Lipinski definition) is 0. The highest BCUT2D eigenvalue weighted by molar-refractivity contribution is 5.65. The van der Waals surface area contributed by atoms with Crippen LogP contribution in [0.4, 0.5) is 0 Å². The third-order valence-electron chi connectivity index (χ3n) is 3.47. The van der Waals surface area contributed by atoms with Gasteiger partial charge in [-0.1, -0.05) is 19.1 Å². The standard InChI is InChI=1S/C16H19NO/c1-5-15-11(2)8-14(9-12(15)3)13-6-7-16(18)17(4)10-13/h6-10H,5H2,1-4H3. The zero-order valence-corrected chi connectivity index (χ0v) is 11.4. The largest absolute Gasteiger partial charge is 0.318 e. The fourth-order valence-electron chi connectivity index (χ4n) is 2.48. The number of aryl methyl sites for hydroxylation is 3. The van der Waals surface area contributed by atoms with Crippen molar-refractivity contribution in [3.63, 3.8) is 0 Å². The first-order chi connectivity index (χ1) is 8.52. The molecule has 2 aromatic rings. The summed E-state index contributed by atoms with van der Waals surface area (Å²) in [7, 11) is 1.78. The van der Waals surface area contributed by atoms with Crippen molar-refractivity contribution in [2.24, 2.45) is 7.05 Å². The lowest BCUT2D eigenvalue weighted by atomic mass is 9.95. The Bertz CT molecular complexity index is 615. The van der Waals surface area contributed by atoms with Crippen molar-refractivity contribution < 1.29 is 0 Å². The van der Waals surface area contributed by atoms with E-state index >= 15 is 0 Å². The number of pyridine rings is 1. The smallest absolute Gasteiger partial charge is 0.250 e. The van der Waals surface area contributed by atoms with Crippen LogP contribution >= 0.6 is 0 Å². The van der Waals surface area contributed by atoms with Crippen LogP contribution in [0.5, 0.6) is 0 Å². The van der Waals surface area contributed by atoms with Crippen LogP contribution in [0.3, 0.4) is 0 Å². The number of hydrogen-bond acceptors (Lipinski definition) is 1. The zero-order chi connectivity index (χ0) is 13.3. The van der Waals surface area contributed by atoms with E-state index < -0.39 is 0 Å². The highest BCUT2D eigenvalue weighted by atomic mass is 16.1. The van der Waals surface area contributed by atoms with Crippen molar-refractivity contribution in [1.29, 1.82) is 0 Å². The zero-order valence-electron chi connectivity index (χ0n) is 11.4. The Hall–Kier alpha value is -1.83. The molecule has 1 aromatic heterocycles. The number of nitrogens with zero attached hydrogens (tertiary/aromatic N) is 1. The molecule has 0 fully saturated rings. The lowest BCUT2D eigenvalue weighted by Gasteiger charge is -2.11. The first-order valence-electron chi connectivity index (χ1n) is 6.30. The summed E-state index contributed by atoms with van der Waals surface area (Å²) in [5, 5.41) is 0. The predicted molar refractivity (Wildman–Crippen MR) is 76.0 cm³/mol. The Kier molecular flexibility index (Phi) is 3.37. The average molecular weight is 241 g/mol. The summed E-state index contributed by atoms with van der Waals surface area (Å²) in [6, 6.07) is 7.91. The molecule has 0 bridgehead atoms. The van der Waals surface area contributed by atoms with Crippen LogP contribution in [-0.2, 0) is 13.5 Å². The lowest BCUT2D eigenvalue weighted by Crippen LogP contribution is -2.13. The van der Waals surface area contributed by atoms with E-state index in [1.807, 2.05) is 12.3 Å². The van der Waals surface area contributed by atoms with Gasteiger partial charge in [-0.2, -0.15) is 0 Å². The lowest BCUT2D eigenvalue weighted by molar-refractivity contribution is 0.862. The molecule has 18 heavy (non-hydrogen) atoms. The van der Waals surface area contributed by atoms with Gasteiger partial charge in [0.05, 0.1) is 0 Å². The molecular formula is C16H19NO. The van der Waals surface area contributed by atoms with Crippen molar-refractivity contribution in [2.75, 3.05) is 0 Å². The van der Waals surface area contributed by atoms with Crippen molar-refractivity contribution >= 4 is 0 Å². The van der Waals surface area contributed by atoms with E-state index in [-0.39, 0.29) is 5.56 Å². The highest BCUT2D eigenvalue weighted by Gasteiger charge is 2.05. The van der Waals surface area contributed by atoms with Gasteiger partial charge in [0.25, 0.3) is 0 Å². The second-order valence-corrected chi connectivity index (χ2v) is 4.81. The van der Waals surface area contributed by atoms with Gasteiger partial charge in [0, 0.05) is 19.3 Å². The molecule has 0 aliphatic carbocycles. The minimum Gasteiger partial charge on any atom is -0.318 e. The molecule has 2 heteroatoms. The molecule has 94 valence electrons. The molecule has 0 aliphatic heterocycles. The molecule has 2 rings (SSSR count). The van der Waals surface area contributed by atoms with Crippen LogP contribution in [-0.4, -0.2) is 4.57 Å². The maximum absolute atomic E-state index is 11.4. The van der Waals surface area contributed by atoms with Crippen molar-refractivity contribution in [3.8, 4) is 11.1 Å². The van der Waals surface area contributed by atoms with Gasteiger partial charge in [0.15, 0.2) is 0 Å². The number of rotatable bonds is 2. The van der Waals surface area contributed by atoms with Crippen LogP contribution in [0.25, 0.3) is 11.1 Å². The number of aromatic nitrogens is 1. The quantitative estimate of drug-likeness (QED) is 0.791. The molecule has 0 saturated carbocycles. The molecule has 0 aliphatic rings. The molecule has 0 radical (unpaired) electrons. The third-order valence-corrected chi connectivity index (χ3v) is 3.47. The van der Waals surface area contributed by atoms with E-state index in [2.05, 4.69) is 32.9 Å². The summed E-state index contributed by atoms with van der Waals surface area (Å²) in [4.78, 5) is 11.4. The maximum atomic E-state index is 11.4. The monoisotopic (exact) mass is 241 g/mol. The van der Waals surface area contributed by atoms with Crippen molar-refractivity contribution in [3.05, 3.63) is 57.5 Å². The Balaban J connectivity index is 2.58. The van der Waals surface area contributed by atoms with Crippen LogP contribution in [0, 0.1) is 13.8 Å². The molecule has 0 unspecified atom stereocenters. The SMILES string of the molecule is CCc1c(C)cc(-c2ccc(=O)n(C)c2)cc1C. The van der Waals surface area contributed by atoms with Crippen molar-refractivity contribution in [1.82, 2.24) is 4.57 Å². The molecular weight excluding hydrogens is 222 g/mol. The van der Waals surface area contributed by atoms with E-state index in [4.69, 9.17) is 0 Å². The van der Waals surface area contributed by atoms with Gasteiger partial charge < -0.3 is 4.57 Å². The van der Waals surface area contributed by atoms with Gasteiger partial charge in [-0.3, -0.25) is 4.79 Å². The fourth-order valence-corrected chi connectivity index (χ4v) is 2.48. The fraction of sp³-hybridized carbons (Fsp3) is 0.312. The van der Waals surface area contributed by atoms with E-state index in [0.717, 1.165) is 12.0 Å². The minimum absolute atomic E-state index is 0.0253. The topological polar surface area (TPSA) is 22.0 Å². The van der Waals surface area contributed by atoms with E-state index in [1.54, 1.807) is 17.7 Å². The molecule has 1 aromatic carbocycles. The van der Waals surface area contributed by atoms with Crippen LogP contribution in [0.2, 0.25) is 0 Å². The molecule has 0 spiro atoms. The van der Waals surface area contributed by atoms with Gasteiger partial charge in [-0.25, -0.2) is 0 Å². The molecule has 0 amide bonds. The van der Waals surface area contributed by atoms with Crippen molar-refractivity contribution in [2.45, 2.75) is 27.2 Å². The summed E-state index contributed by atoms with van der Waals surface area (Å²) in [5.74, 6) is 0. The summed E-state index contributed by atoms with van der Waals surface area (Å²) in [6.45, 7) is 6.48. The summed E-state index contributed by atoms with van der Waals surface area (Å²) in [5.41, 5.74) is 6.35. The summed E-state index contributed by atoms with van der Waals surface area (Å²) < 4.78 is 1.62. The normalized spacial score (nSPS) is 10.7. The molecule has 1 heterocycles. The van der Waals surface area contributed by atoms with E-state index in [0.29, 0.717) is 0 Å². The average Bonchev–Trinajstić information content (AvgIpc) is 2.32. The predicted octanol–water partition coefficient (Wildman–Crippen LogP) is 3.23. The minimum atomic E-state index is 0.0253. The van der Waals surface area contributed by atoms with Gasteiger partial charge >= 0.3 is 0 Å². The summed E-state index contributed by atoms with van der Waals surface area (Å²) >= 11 is 0. The van der Waals surface area contributed by atoms with Gasteiger partial charge in [-0.15, -0.1) is 0 Å². The summed E-state index contributed by atoms with van der Waals surface area (Å²) in [6.07, 6.45) is 2.95. The van der Waals surface area contributed by atoms with E-state index in [1.165, 1.54) is 22.3 Å². The first kappa shape index (κ1) is 12.6. The number of benzene rings is 1.